The van der Waals surface area contributed by atoms with Gasteiger partial charge in [-0.15, -0.1) is 21.5 Å². The molecule has 1 N–H and O–H groups in total. The first-order valence-corrected chi connectivity index (χ1v) is 14.7. The van der Waals surface area contributed by atoms with Crippen LogP contribution in [0.4, 0.5) is 5.00 Å². The van der Waals surface area contributed by atoms with Gasteiger partial charge in [-0.2, -0.15) is 0 Å². The molecule has 37 heavy (non-hydrogen) atoms. The lowest BCUT2D eigenvalue weighted by atomic mass is 10.1. The van der Waals surface area contributed by atoms with E-state index in [2.05, 4.69) is 15.5 Å². The number of furan rings is 1. The molecule has 9 nitrogen and oxygen atoms in total. The molecule has 1 amide bonds. The summed E-state index contributed by atoms with van der Waals surface area (Å²) in [5, 5.41) is 13.0. The van der Waals surface area contributed by atoms with Gasteiger partial charge in [-0.05, 0) is 64.0 Å². The van der Waals surface area contributed by atoms with Gasteiger partial charge in [0.2, 0.25) is 5.91 Å². The molecule has 4 heterocycles. The van der Waals surface area contributed by atoms with E-state index in [4.69, 9.17) is 13.9 Å². The first-order chi connectivity index (χ1) is 18.0. The van der Waals surface area contributed by atoms with Gasteiger partial charge in [-0.3, -0.25) is 9.36 Å². The Kier molecular flexibility index (Phi) is 8.31. The molecule has 11 heteroatoms. The molecule has 1 aliphatic heterocycles. The van der Waals surface area contributed by atoms with Gasteiger partial charge in [0.15, 0.2) is 11.0 Å². The Bertz CT molecular complexity index is 1260. The third kappa shape index (κ3) is 5.78. The SMILES string of the molecule is CCOC(=O)c1c(NC(=O)CSc2nnc(-c3ccoc3C)n2CC2CCCO2)sc2c1CCCCC2. The minimum absolute atomic E-state index is 0.0868. The third-order valence-corrected chi connectivity index (χ3v) is 8.89. The first-order valence-electron chi connectivity index (χ1n) is 12.9. The lowest BCUT2D eigenvalue weighted by Crippen LogP contribution is -2.19. The molecule has 1 saturated heterocycles. The topological polar surface area (TPSA) is 108 Å². The summed E-state index contributed by atoms with van der Waals surface area (Å²) in [6.45, 7) is 5.35. The summed E-state index contributed by atoms with van der Waals surface area (Å²) in [6, 6.07) is 1.88. The van der Waals surface area contributed by atoms with E-state index in [0.717, 1.165) is 68.4 Å². The number of carbonyl (C=O) groups is 2. The Morgan fingerprint density at radius 3 is 2.86 bits per heavy atom. The maximum Gasteiger partial charge on any atom is 0.341 e. The fourth-order valence-corrected chi connectivity index (χ4v) is 6.95. The number of ether oxygens (including phenoxy) is 2. The molecular formula is C26H32N4O5S2. The van der Waals surface area contributed by atoms with Crippen LogP contribution in [0.25, 0.3) is 11.4 Å². The molecule has 1 aliphatic carbocycles. The smallest absolute Gasteiger partial charge is 0.341 e. The van der Waals surface area contributed by atoms with Crippen LogP contribution in [0.5, 0.6) is 0 Å². The number of nitrogens with one attached hydrogen (secondary N) is 1. The highest BCUT2D eigenvalue weighted by Crippen LogP contribution is 2.38. The van der Waals surface area contributed by atoms with Gasteiger partial charge in [0.1, 0.15) is 10.8 Å². The lowest BCUT2D eigenvalue weighted by Gasteiger charge is -2.14. The molecule has 2 aliphatic rings. The standard InChI is InChI=1S/C26H32N4O5S2/c1-3-33-25(32)22-19-9-5-4-6-10-20(19)37-24(22)27-21(31)15-36-26-29-28-23(18-11-13-34-16(18)2)30(26)14-17-8-7-12-35-17/h11,13,17H,3-10,12,14-15H2,1-2H3,(H,27,31). The predicted molar refractivity (Wildman–Crippen MR) is 142 cm³/mol. The number of fused-ring (bicyclic) bond motifs is 1. The summed E-state index contributed by atoms with van der Waals surface area (Å²) in [5.41, 5.74) is 2.45. The number of rotatable bonds is 9. The van der Waals surface area contributed by atoms with Crippen molar-refractivity contribution >= 4 is 40.0 Å². The molecular weight excluding hydrogens is 512 g/mol. The number of thiophene rings is 1. The van der Waals surface area contributed by atoms with Crippen molar-refractivity contribution < 1.29 is 23.5 Å². The van der Waals surface area contributed by atoms with Crippen LogP contribution >= 0.6 is 23.1 Å². The van der Waals surface area contributed by atoms with Gasteiger partial charge in [0, 0.05) is 11.5 Å². The summed E-state index contributed by atoms with van der Waals surface area (Å²) in [7, 11) is 0. The summed E-state index contributed by atoms with van der Waals surface area (Å²) >= 11 is 2.83. The van der Waals surface area contributed by atoms with Crippen LogP contribution in [-0.4, -0.2) is 51.7 Å². The van der Waals surface area contributed by atoms with Crippen LogP contribution in [0.1, 0.15) is 65.6 Å². The molecule has 3 aromatic rings. The van der Waals surface area contributed by atoms with Gasteiger partial charge >= 0.3 is 5.97 Å². The first kappa shape index (κ1) is 26.0. The molecule has 1 fully saturated rings. The van der Waals surface area contributed by atoms with Crippen LogP contribution in [0, 0.1) is 6.92 Å². The fourth-order valence-electron chi connectivity index (χ4n) is 4.91. The van der Waals surface area contributed by atoms with Crippen molar-refractivity contribution in [3.05, 3.63) is 34.1 Å². The average Bonchev–Trinajstić information content (AvgIpc) is 3.65. The molecule has 5 rings (SSSR count). The Labute approximate surface area is 224 Å². The Balaban J connectivity index is 1.33. The summed E-state index contributed by atoms with van der Waals surface area (Å²) in [5.74, 6) is 1.05. The molecule has 0 saturated carbocycles. The molecule has 1 unspecified atom stereocenters. The second-order valence-corrected chi connectivity index (χ2v) is 11.3. The van der Waals surface area contributed by atoms with Crippen molar-refractivity contribution in [1.82, 2.24) is 14.8 Å². The van der Waals surface area contributed by atoms with Gasteiger partial charge in [0.25, 0.3) is 0 Å². The zero-order chi connectivity index (χ0) is 25.8. The molecule has 0 spiro atoms. The normalized spacial score (nSPS) is 17.4. The van der Waals surface area contributed by atoms with Gasteiger partial charge in [0.05, 0.1) is 42.4 Å². The second kappa shape index (κ2) is 11.8. The molecule has 0 bridgehead atoms. The number of aromatic nitrogens is 3. The monoisotopic (exact) mass is 544 g/mol. The molecule has 0 radical (unpaired) electrons. The van der Waals surface area contributed by atoms with Crippen molar-refractivity contribution in [2.45, 2.75) is 76.6 Å². The fraction of sp³-hybridized carbons (Fsp3) is 0.538. The van der Waals surface area contributed by atoms with E-state index in [9.17, 15) is 9.59 Å². The van der Waals surface area contributed by atoms with E-state index in [1.807, 2.05) is 17.6 Å². The number of hydrogen-bond acceptors (Lipinski definition) is 9. The van der Waals surface area contributed by atoms with Crippen LogP contribution in [0.3, 0.4) is 0 Å². The van der Waals surface area contributed by atoms with Crippen molar-refractivity contribution in [1.29, 1.82) is 0 Å². The van der Waals surface area contributed by atoms with Gasteiger partial charge < -0.3 is 19.2 Å². The van der Waals surface area contributed by atoms with E-state index < -0.39 is 0 Å². The number of esters is 1. The number of aryl methyl sites for hydroxylation is 2. The van der Waals surface area contributed by atoms with Crippen LogP contribution < -0.4 is 5.32 Å². The molecule has 3 aromatic heterocycles. The van der Waals surface area contributed by atoms with Crippen LogP contribution in [0.15, 0.2) is 21.9 Å². The zero-order valence-corrected chi connectivity index (χ0v) is 22.8. The highest BCUT2D eigenvalue weighted by Gasteiger charge is 2.27. The number of nitrogens with zero attached hydrogens (tertiary/aromatic N) is 3. The minimum atomic E-state index is -0.360. The molecule has 1 atom stereocenters. The van der Waals surface area contributed by atoms with Crippen LogP contribution in [-0.2, 0) is 33.7 Å². The minimum Gasteiger partial charge on any atom is -0.469 e. The predicted octanol–water partition coefficient (Wildman–Crippen LogP) is 5.26. The second-order valence-electron chi connectivity index (χ2n) is 9.27. The summed E-state index contributed by atoms with van der Waals surface area (Å²) < 4.78 is 18.7. The van der Waals surface area contributed by atoms with E-state index in [-0.39, 0.29) is 23.7 Å². The highest BCUT2D eigenvalue weighted by atomic mass is 32.2. The van der Waals surface area contributed by atoms with E-state index in [0.29, 0.717) is 34.7 Å². The maximum atomic E-state index is 13.1. The number of anilines is 1. The zero-order valence-electron chi connectivity index (χ0n) is 21.2. The highest BCUT2D eigenvalue weighted by molar-refractivity contribution is 7.99. The van der Waals surface area contributed by atoms with E-state index >= 15 is 0 Å². The number of thioether (sulfide) groups is 1. The molecule has 0 aromatic carbocycles. The maximum absolute atomic E-state index is 13.1. The van der Waals surface area contributed by atoms with E-state index in [1.54, 1.807) is 13.2 Å². The summed E-state index contributed by atoms with van der Waals surface area (Å²) in [6.07, 6.45) is 8.79. The Morgan fingerprint density at radius 1 is 1.24 bits per heavy atom. The largest absolute Gasteiger partial charge is 0.469 e. The van der Waals surface area contributed by atoms with Crippen molar-refractivity contribution in [2.24, 2.45) is 0 Å². The van der Waals surface area contributed by atoms with Gasteiger partial charge in [-0.1, -0.05) is 18.2 Å². The molecule has 198 valence electrons. The average molecular weight is 545 g/mol. The van der Waals surface area contributed by atoms with E-state index in [1.165, 1.54) is 28.0 Å². The van der Waals surface area contributed by atoms with Crippen molar-refractivity contribution in [2.75, 3.05) is 24.3 Å². The Morgan fingerprint density at radius 2 is 2.11 bits per heavy atom. The van der Waals surface area contributed by atoms with Gasteiger partial charge in [-0.25, -0.2) is 4.79 Å². The number of hydrogen-bond donors (Lipinski definition) is 1. The Hall–Kier alpha value is -2.63. The van der Waals surface area contributed by atoms with Crippen molar-refractivity contribution in [3.63, 3.8) is 0 Å². The number of amides is 1. The van der Waals surface area contributed by atoms with Crippen molar-refractivity contribution in [3.8, 4) is 11.4 Å². The quantitative estimate of drug-likeness (QED) is 0.221. The number of carbonyl (C=O) groups excluding carboxylic acids is 2. The lowest BCUT2D eigenvalue weighted by molar-refractivity contribution is -0.113. The third-order valence-electron chi connectivity index (χ3n) is 6.71. The summed E-state index contributed by atoms with van der Waals surface area (Å²) in [4.78, 5) is 27.1. The van der Waals surface area contributed by atoms with Crippen LogP contribution in [0.2, 0.25) is 0 Å².